The summed E-state index contributed by atoms with van der Waals surface area (Å²) in [6.45, 7) is 1.73. The van der Waals surface area contributed by atoms with Gasteiger partial charge in [-0.3, -0.25) is 19.6 Å². The number of anilines is 2. The van der Waals surface area contributed by atoms with Crippen molar-refractivity contribution in [3.8, 4) is 28.3 Å². The van der Waals surface area contributed by atoms with Crippen LogP contribution < -0.4 is 20.9 Å². The van der Waals surface area contributed by atoms with E-state index in [1.165, 1.54) is 16.9 Å². The van der Waals surface area contributed by atoms with Gasteiger partial charge in [0.2, 0.25) is 0 Å². The van der Waals surface area contributed by atoms with Gasteiger partial charge in [-0.2, -0.15) is 0 Å². The molecule has 200 valence electrons. The number of aromatic nitrogens is 3. The first-order chi connectivity index (χ1) is 19.3. The number of hydrogen-bond acceptors (Lipinski definition) is 5. The Morgan fingerprint density at radius 2 is 1.60 bits per heavy atom. The van der Waals surface area contributed by atoms with Gasteiger partial charge < -0.3 is 15.2 Å². The summed E-state index contributed by atoms with van der Waals surface area (Å²) in [4.78, 5) is 41.6. The molecule has 0 aliphatic rings. The van der Waals surface area contributed by atoms with Crippen LogP contribution in [0.1, 0.15) is 16.1 Å². The third kappa shape index (κ3) is 5.32. The van der Waals surface area contributed by atoms with Crippen molar-refractivity contribution in [3.05, 3.63) is 119 Å². The number of ether oxygens (including phenoxy) is 1. The minimum atomic E-state index is -1.24. The van der Waals surface area contributed by atoms with E-state index in [2.05, 4.69) is 15.6 Å². The number of rotatable bonds is 7. The van der Waals surface area contributed by atoms with Crippen molar-refractivity contribution in [2.75, 3.05) is 10.6 Å². The van der Waals surface area contributed by atoms with Crippen molar-refractivity contribution in [1.82, 2.24) is 14.3 Å². The second-order valence-electron chi connectivity index (χ2n) is 8.88. The highest BCUT2D eigenvalue weighted by Gasteiger charge is 2.23. The van der Waals surface area contributed by atoms with E-state index in [0.29, 0.717) is 34.1 Å². The van der Waals surface area contributed by atoms with Gasteiger partial charge in [0.25, 0.3) is 11.5 Å². The maximum absolute atomic E-state index is 13.4. The Labute approximate surface area is 229 Å². The maximum Gasteiger partial charge on any atom is 0.410 e. The predicted molar refractivity (Wildman–Crippen MR) is 152 cm³/mol. The molecule has 2 aromatic heterocycles. The van der Waals surface area contributed by atoms with E-state index in [1.54, 1.807) is 55.1 Å². The van der Waals surface area contributed by atoms with Crippen molar-refractivity contribution in [3.63, 3.8) is 0 Å². The average molecular weight is 536 g/mol. The van der Waals surface area contributed by atoms with Crippen LogP contribution >= 0.6 is 0 Å². The molecular formula is C30H25N5O5. The number of carbonyl (C=O) groups excluding carboxylic acids is 1. The number of amides is 2. The Morgan fingerprint density at radius 3 is 2.30 bits per heavy atom. The lowest BCUT2D eigenvalue weighted by molar-refractivity contribution is 0.102. The smallest absolute Gasteiger partial charge is 0.410 e. The number of carbonyl (C=O) groups is 2. The predicted octanol–water partition coefficient (Wildman–Crippen LogP) is 5.68. The van der Waals surface area contributed by atoms with E-state index in [9.17, 15) is 14.4 Å². The van der Waals surface area contributed by atoms with Crippen LogP contribution in [0.15, 0.2) is 102 Å². The fourth-order valence-electron chi connectivity index (χ4n) is 4.34. The Kier molecular flexibility index (Phi) is 7.14. The van der Waals surface area contributed by atoms with Crippen LogP contribution in [0.25, 0.3) is 16.8 Å². The number of nitrogens with zero attached hydrogens (tertiary/aromatic N) is 3. The molecule has 0 spiro atoms. The molecule has 2 amide bonds. The zero-order valence-electron chi connectivity index (χ0n) is 21.7. The summed E-state index contributed by atoms with van der Waals surface area (Å²) in [6.07, 6.45) is 0.195. The Morgan fingerprint density at radius 1 is 0.900 bits per heavy atom. The summed E-state index contributed by atoms with van der Waals surface area (Å²) in [5.41, 5.74) is 2.77. The largest absolute Gasteiger partial charge is 0.465 e. The molecule has 5 rings (SSSR count). The zero-order chi connectivity index (χ0) is 28.2. The van der Waals surface area contributed by atoms with Crippen LogP contribution in [0.4, 0.5) is 16.3 Å². The highest BCUT2D eigenvalue weighted by molar-refractivity contribution is 6.05. The number of carboxylic acid groups (broad SMARTS) is 1. The summed E-state index contributed by atoms with van der Waals surface area (Å²) in [5.74, 6) is 0.432. The first-order valence-electron chi connectivity index (χ1n) is 12.3. The van der Waals surface area contributed by atoms with E-state index < -0.39 is 17.6 Å². The van der Waals surface area contributed by atoms with E-state index in [1.807, 2.05) is 48.5 Å². The molecule has 0 saturated heterocycles. The number of para-hydroxylation sites is 1. The van der Waals surface area contributed by atoms with E-state index >= 15 is 0 Å². The Hall–Kier alpha value is -5.64. The summed E-state index contributed by atoms with van der Waals surface area (Å²) in [5, 5.41) is 14.0. The highest BCUT2D eigenvalue weighted by atomic mass is 16.5. The second-order valence-corrected chi connectivity index (χ2v) is 8.88. The van der Waals surface area contributed by atoms with Crippen LogP contribution in [0.2, 0.25) is 0 Å². The quantitative estimate of drug-likeness (QED) is 0.246. The molecule has 0 atom stereocenters. The zero-order valence-corrected chi connectivity index (χ0v) is 21.7. The minimum absolute atomic E-state index is 0.0446. The van der Waals surface area contributed by atoms with Crippen molar-refractivity contribution in [1.29, 1.82) is 0 Å². The molecule has 3 aromatic carbocycles. The molecule has 10 heteroatoms. The second kappa shape index (κ2) is 11.0. The number of benzene rings is 3. The number of hydrogen-bond donors (Lipinski definition) is 3. The number of nitrogens with one attached hydrogen (secondary N) is 2. The maximum atomic E-state index is 13.4. The van der Waals surface area contributed by atoms with Crippen LogP contribution in [0, 0.1) is 6.92 Å². The van der Waals surface area contributed by atoms with Crippen LogP contribution in [0.3, 0.4) is 0 Å². The fraction of sp³-hybridized carbons (Fsp3) is 0.0667. The first kappa shape index (κ1) is 26.0. The van der Waals surface area contributed by atoms with Crippen LogP contribution in [0.5, 0.6) is 11.5 Å². The van der Waals surface area contributed by atoms with E-state index in [-0.39, 0.29) is 11.4 Å². The molecule has 5 aromatic rings. The Bertz CT molecular complexity index is 1760. The molecular weight excluding hydrogens is 510 g/mol. The summed E-state index contributed by atoms with van der Waals surface area (Å²) in [6, 6.07) is 26.8. The lowest BCUT2D eigenvalue weighted by atomic mass is 10.0. The molecule has 2 heterocycles. The molecule has 0 bridgehead atoms. The lowest BCUT2D eigenvalue weighted by Crippen LogP contribution is -2.25. The average Bonchev–Trinajstić information content (AvgIpc) is 3.17. The third-order valence-corrected chi connectivity index (χ3v) is 6.30. The van der Waals surface area contributed by atoms with Crippen molar-refractivity contribution < 1.29 is 19.4 Å². The minimum Gasteiger partial charge on any atom is -0.465 e. The number of pyridine rings is 1. The van der Waals surface area contributed by atoms with Gasteiger partial charge in [-0.05, 0) is 48.9 Å². The topological polar surface area (TPSA) is 127 Å². The van der Waals surface area contributed by atoms with Gasteiger partial charge in [0.1, 0.15) is 22.9 Å². The molecule has 40 heavy (non-hydrogen) atoms. The molecule has 0 unspecified atom stereocenters. The summed E-state index contributed by atoms with van der Waals surface area (Å²) >= 11 is 0. The van der Waals surface area contributed by atoms with Gasteiger partial charge in [-0.1, -0.05) is 48.5 Å². The molecule has 0 fully saturated rings. The normalized spacial score (nSPS) is 10.7. The van der Waals surface area contributed by atoms with Crippen molar-refractivity contribution in [2.24, 2.45) is 7.05 Å². The first-order valence-corrected chi connectivity index (χ1v) is 12.3. The van der Waals surface area contributed by atoms with Crippen molar-refractivity contribution in [2.45, 2.75) is 6.92 Å². The SMILES string of the molecule is Cc1c(C(=O)Nc2ccc(Oc3ccnc(NC(=O)O)c3)c(-c3ccccc3)c2)c(=O)n(-c2ccccc2)n1C. The monoisotopic (exact) mass is 535 g/mol. The fourth-order valence-corrected chi connectivity index (χ4v) is 4.34. The van der Waals surface area contributed by atoms with Crippen LogP contribution in [-0.4, -0.2) is 31.5 Å². The third-order valence-electron chi connectivity index (χ3n) is 6.30. The molecule has 3 N–H and O–H groups in total. The molecule has 0 aliphatic heterocycles. The molecule has 0 aliphatic carbocycles. The Balaban J connectivity index is 1.48. The van der Waals surface area contributed by atoms with Gasteiger partial charge in [0.05, 0.1) is 11.4 Å². The standard InChI is InChI=1S/C30H25N5O5/c1-19-27(29(37)35(34(19)2)22-11-7-4-8-12-22)28(36)32-21-13-14-25(24(17-21)20-9-5-3-6-10-20)40-23-15-16-31-26(18-23)33-30(38)39/h3-18H,1-2H3,(H,31,33)(H,32,36)(H,38,39). The van der Waals surface area contributed by atoms with Gasteiger partial charge >= 0.3 is 6.09 Å². The highest BCUT2D eigenvalue weighted by Crippen LogP contribution is 2.36. The summed E-state index contributed by atoms with van der Waals surface area (Å²) < 4.78 is 9.21. The van der Waals surface area contributed by atoms with Gasteiger partial charge in [0.15, 0.2) is 0 Å². The van der Waals surface area contributed by atoms with E-state index in [4.69, 9.17) is 9.84 Å². The molecule has 0 radical (unpaired) electrons. The molecule has 10 nitrogen and oxygen atoms in total. The van der Waals surface area contributed by atoms with Crippen LogP contribution in [-0.2, 0) is 7.05 Å². The van der Waals surface area contributed by atoms with Gasteiger partial charge in [0, 0.05) is 30.6 Å². The lowest BCUT2D eigenvalue weighted by Gasteiger charge is -2.14. The summed E-state index contributed by atoms with van der Waals surface area (Å²) in [7, 11) is 1.73. The van der Waals surface area contributed by atoms with Gasteiger partial charge in [-0.25, -0.2) is 14.5 Å². The van der Waals surface area contributed by atoms with Crippen molar-refractivity contribution >= 4 is 23.5 Å². The van der Waals surface area contributed by atoms with Gasteiger partial charge in [-0.15, -0.1) is 0 Å². The molecule has 0 saturated carbocycles. The van der Waals surface area contributed by atoms with E-state index in [0.717, 1.165) is 5.56 Å².